The van der Waals surface area contributed by atoms with Crippen LogP contribution >= 0.6 is 11.9 Å². The van der Waals surface area contributed by atoms with Crippen LogP contribution in [0.2, 0.25) is 0 Å². The average molecular weight is 112 g/mol. The summed E-state index contributed by atoms with van der Waals surface area (Å²) in [6, 6.07) is 1.99. The standard InChI is InChI=1S/C4H4N2S/c5-3-4-1-2-7-6-4/h1,6H,2H2. The minimum Gasteiger partial charge on any atom is -0.321 e. The van der Waals surface area contributed by atoms with E-state index in [1.165, 1.54) is 0 Å². The Labute approximate surface area is 46.3 Å². The summed E-state index contributed by atoms with van der Waals surface area (Å²) in [4.78, 5) is 0. The van der Waals surface area contributed by atoms with Crippen molar-refractivity contribution in [2.45, 2.75) is 0 Å². The second-order valence-electron chi connectivity index (χ2n) is 1.14. The molecule has 3 heteroatoms. The van der Waals surface area contributed by atoms with Gasteiger partial charge in [0.1, 0.15) is 11.8 Å². The predicted octanol–water partition coefficient (Wildman–Crippen LogP) is 0.645. The van der Waals surface area contributed by atoms with Crippen molar-refractivity contribution in [1.82, 2.24) is 4.72 Å². The highest BCUT2D eigenvalue weighted by atomic mass is 32.2. The predicted molar refractivity (Wildman–Crippen MR) is 29.3 cm³/mol. The third-order valence-electron chi connectivity index (χ3n) is 0.673. The summed E-state index contributed by atoms with van der Waals surface area (Å²) in [5.41, 5.74) is 0.685. The average Bonchev–Trinajstić information content (AvgIpc) is 2.14. The third-order valence-corrected chi connectivity index (χ3v) is 1.37. The van der Waals surface area contributed by atoms with Gasteiger partial charge in [0.25, 0.3) is 0 Å². The van der Waals surface area contributed by atoms with Gasteiger partial charge >= 0.3 is 0 Å². The van der Waals surface area contributed by atoms with Gasteiger partial charge in [0.15, 0.2) is 0 Å². The molecule has 0 aliphatic carbocycles. The number of nitriles is 1. The number of hydrogen-bond donors (Lipinski definition) is 1. The molecule has 0 saturated carbocycles. The van der Waals surface area contributed by atoms with Crippen LogP contribution in [0.3, 0.4) is 0 Å². The molecule has 0 saturated heterocycles. The van der Waals surface area contributed by atoms with E-state index in [2.05, 4.69) is 4.72 Å². The minimum atomic E-state index is 0.685. The number of rotatable bonds is 0. The number of nitrogens with one attached hydrogen (secondary N) is 1. The molecular weight excluding hydrogens is 108 g/mol. The Hall–Kier alpha value is -0.620. The molecule has 0 radical (unpaired) electrons. The van der Waals surface area contributed by atoms with E-state index in [4.69, 9.17) is 5.26 Å². The molecule has 0 aromatic rings. The van der Waals surface area contributed by atoms with Crippen molar-refractivity contribution >= 4 is 11.9 Å². The quantitative estimate of drug-likeness (QED) is 0.467. The Balaban J connectivity index is 2.57. The maximum Gasteiger partial charge on any atom is 0.120 e. The van der Waals surface area contributed by atoms with E-state index in [0.29, 0.717) is 5.70 Å². The van der Waals surface area contributed by atoms with Crippen LogP contribution in [0, 0.1) is 11.3 Å². The van der Waals surface area contributed by atoms with Crippen molar-refractivity contribution in [3.63, 3.8) is 0 Å². The molecule has 0 atom stereocenters. The first kappa shape index (κ1) is 4.54. The normalized spacial score (nSPS) is 17.3. The fourth-order valence-corrected chi connectivity index (χ4v) is 0.972. The lowest BCUT2D eigenvalue weighted by Crippen LogP contribution is -1.91. The molecule has 1 heterocycles. The van der Waals surface area contributed by atoms with Gasteiger partial charge in [0.05, 0.1) is 0 Å². The Kier molecular flexibility index (Phi) is 1.23. The van der Waals surface area contributed by atoms with Gasteiger partial charge in [0.2, 0.25) is 0 Å². The molecule has 1 N–H and O–H groups in total. The topological polar surface area (TPSA) is 35.8 Å². The Morgan fingerprint density at radius 1 is 2.00 bits per heavy atom. The fourth-order valence-electron chi connectivity index (χ4n) is 0.355. The van der Waals surface area contributed by atoms with E-state index in [9.17, 15) is 0 Å². The molecular formula is C4H4N2S. The molecule has 2 nitrogen and oxygen atoms in total. The molecule has 36 valence electrons. The van der Waals surface area contributed by atoms with Crippen molar-refractivity contribution in [2.75, 3.05) is 5.75 Å². The Bertz CT molecular complexity index is 133. The monoisotopic (exact) mass is 112 g/mol. The van der Waals surface area contributed by atoms with Gasteiger partial charge in [-0.25, -0.2) is 0 Å². The summed E-state index contributed by atoms with van der Waals surface area (Å²) in [6.45, 7) is 0. The van der Waals surface area contributed by atoms with Crippen molar-refractivity contribution in [1.29, 1.82) is 5.26 Å². The highest BCUT2D eigenvalue weighted by molar-refractivity contribution is 7.97. The Morgan fingerprint density at radius 3 is 3.14 bits per heavy atom. The van der Waals surface area contributed by atoms with Crippen molar-refractivity contribution < 1.29 is 0 Å². The number of hydrogen-bond acceptors (Lipinski definition) is 3. The van der Waals surface area contributed by atoms with E-state index < -0.39 is 0 Å². The number of nitrogens with zero attached hydrogens (tertiary/aromatic N) is 1. The zero-order chi connectivity index (χ0) is 5.11. The summed E-state index contributed by atoms with van der Waals surface area (Å²) in [5, 5.41) is 8.17. The summed E-state index contributed by atoms with van der Waals surface area (Å²) < 4.78 is 2.82. The summed E-state index contributed by atoms with van der Waals surface area (Å²) in [6.07, 6.45) is 1.87. The molecule has 0 spiro atoms. The van der Waals surface area contributed by atoms with Crippen LogP contribution in [-0.2, 0) is 0 Å². The van der Waals surface area contributed by atoms with Crippen LogP contribution in [0.5, 0.6) is 0 Å². The molecule has 0 aromatic heterocycles. The largest absolute Gasteiger partial charge is 0.321 e. The van der Waals surface area contributed by atoms with E-state index in [1.807, 2.05) is 12.1 Å². The van der Waals surface area contributed by atoms with Crippen molar-refractivity contribution in [2.24, 2.45) is 0 Å². The molecule has 0 fully saturated rings. The summed E-state index contributed by atoms with van der Waals surface area (Å²) in [7, 11) is 0. The zero-order valence-corrected chi connectivity index (χ0v) is 4.46. The van der Waals surface area contributed by atoms with Gasteiger partial charge in [-0.3, -0.25) is 0 Å². The second kappa shape index (κ2) is 1.90. The number of allylic oxidation sites excluding steroid dienone is 1. The lowest BCUT2D eigenvalue weighted by atomic mass is 10.5. The lowest BCUT2D eigenvalue weighted by Gasteiger charge is -1.84. The highest BCUT2D eigenvalue weighted by Crippen LogP contribution is 2.07. The van der Waals surface area contributed by atoms with E-state index in [1.54, 1.807) is 11.9 Å². The molecule has 1 aliphatic rings. The summed E-state index contributed by atoms with van der Waals surface area (Å²) >= 11 is 1.54. The molecule has 0 bridgehead atoms. The van der Waals surface area contributed by atoms with Crippen LogP contribution < -0.4 is 4.72 Å². The SMILES string of the molecule is N#CC1=CCSN1. The molecule has 0 amide bonds. The van der Waals surface area contributed by atoms with Crippen molar-refractivity contribution in [3.8, 4) is 6.07 Å². The van der Waals surface area contributed by atoms with Gasteiger partial charge in [0, 0.05) is 5.75 Å². The highest BCUT2D eigenvalue weighted by Gasteiger charge is 1.98. The second-order valence-corrected chi connectivity index (χ2v) is 1.97. The zero-order valence-electron chi connectivity index (χ0n) is 3.64. The summed E-state index contributed by atoms with van der Waals surface area (Å²) in [5.74, 6) is 0.920. The van der Waals surface area contributed by atoms with Crippen LogP contribution in [0.25, 0.3) is 0 Å². The van der Waals surface area contributed by atoms with Crippen LogP contribution in [0.4, 0.5) is 0 Å². The van der Waals surface area contributed by atoms with Gasteiger partial charge in [-0.2, -0.15) is 5.26 Å². The lowest BCUT2D eigenvalue weighted by molar-refractivity contribution is 1.31. The van der Waals surface area contributed by atoms with Gasteiger partial charge in [-0.1, -0.05) is 0 Å². The van der Waals surface area contributed by atoms with Crippen molar-refractivity contribution in [3.05, 3.63) is 11.8 Å². The maximum absolute atomic E-state index is 8.17. The molecule has 1 aliphatic heterocycles. The molecule has 7 heavy (non-hydrogen) atoms. The van der Waals surface area contributed by atoms with E-state index in [0.717, 1.165) is 5.75 Å². The van der Waals surface area contributed by atoms with Crippen LogP contribution in [-0.4, -0.2) is 5.75 Å². The fraction of sp³-hybridized carbons (Fsp3) is 0.250. The van der Waals surface area contributed by atoms with Gasteiger partial charge < -0.3 is 4.72 Å². The Morgan fingerprint density at radius 2 is 2.86 bits per heavy atom. The van der Waals surface area contributed by atoms with Gasteiger partial charge in [-0.05, 0) is 18.0 Å². The van der Waals surface area contributed by atoms with E-state index >= 15 is 0 Å². The third kappa shape index (κ3) is 0.875. The van der Waals surface area contributed by atoms with E-state index in [-0.39, 0.29) is 0 Å². The molecule has 0 aromatic carbocycles. The van der Waals surface area contributed by atoms with Crippen LogP contribution in [0.1, 0.15) is 0 Å². The van der Waals surface area contributed by atoms with Gasteiger partial charge in [-0.15, -0.1) is 0 Å². The first-order valence-electron chi connectivity index (χ1n) is 1.91. The molecule has 1 rings (SSSR count). The maximum atomic E-state index is 8.17. The van der Waals surface area contributed by atoms with Crippen LogP contribution in [0.15, 0.2) is 11.8 Å². The smallest absolute Gasteiger partial charge is 0.120 e. The minimum absolute atomic E-state index is 0.685. The molecule has 0 unspecified atom stereocenters. The first-order chi connectivity index (χ1) is 3.43. The first-order valence-corrected chi connectivity index (χ1v) is 2.90.